The summed E-state index contributed by atoms with van der Waals surface area (Å²) in [7, 11) is 0. The average Bonchev–Trinajstić information content (AvgIpc) is 3.11. The summed E-state index contributed by atoms with van der Waals surface area (Å²) >= 11 is 0. The predicted molar refractivity (Wildman–Crippen MR) is 98.5 cm³/mol. The van der Waals surface area contributed by atoms with Crippen molar-refractivity contribution in [1.82, 2.24) is 14.5 Å². The molecule has 0 amide bonds. The molecular formula is C19H29N5. The minimum atomic E-state index is 0.332. The number of hydrogen-bond acceptors (Lipinski definition) is 4. The third-order valence-corrected chi connectivity index (χ3v) is 6.08. The Morgan fingerprint density at radius 3 is 2.58 bits per heavy atom. The first-order valence-electron chi connectivity index (χ1n) is 9.49. The maximum atomic E-state index is 6.16. The van der Waals surface area contributed by atoms with Crippen LogP contribution in [0.2, 0.25) is 0 Å². The zero-order valence-electron chi connectivity index (χ0n) is 15.0. The van der Waals surface area contributed by atoms with E-state index in [1.165, 1.54) is 42.3 Å². The minimum Gasteiger partial charge on any atom is -0.356 e. The van der Waals surface area contributed by atoms with Crippen molar-refractivity contribution < 1.29 is 0 Å². The molecular weight excluding hydrogens is 298 g/mol. The molecule has 0 bridgehead atoms. The molecule has 1 aliphatic carbocycles. The lowest BCUT2D eigenvalue weighted by Gasteiger charge is -2.22. The molecule has 2 aliphatic rings. The van der Waals surface area contributed by atoms with E-state index in [1.807, 2.05) is 0 Å². The Balaban J connectivity index is 1.81. The summed E-state index contributed by atoms with van der Waals surface area (Å²) in [6.07, 6.45) is 10.3. The Labute approximate surface area is 144 Å². The average molecular weight is 327 g/mol. The second-order valence-corrected chi connectivity index (χ2v) is 7.59. The molecule has 1 saturated carbocycles. The Kier molecular flexibility index (Phi) is 4.21. The van der Waals surface area contributed by atoms with E-state index in [1.54, 1.807) is 6.33 Å². The van der Waals surface area contributed by atoms with Crippen LogP contribution in [0.1, 0.15) is 62.2 Å². The highest BCUT2D eigenvalue weighted by molar-refractivity contribution is 5.92. The molecule has 5 heteroatoms. The number of aromatic nitrogens is 3. The van der Waals surface area contributed by atoms with Crippen molar-refractivity contribution in [3.05, 3.63) is 17.6 Å². The van der Waals surface area contributed by atoms with Crippen LogP contribution in [-0.2, 0) is 0 Å². The van der Waals surface area contributed by atoms with Gasteiger partial charge in [0.1, 0.15) is 17.8 Å². The SMILES string of the molecule is Cc1c(C)n(C2CCCC2)c2ncnc(N3CCCC(N)CC3)c12. The molecule has 0 radical (unpaired) electrons. The molecule has 0 spiro atoms. The van der Waals surface area contributed by atoms with Crippen molar-refractivity contribution in [2.45, 2.75) is 70.9 Å². The Morgan fingerprint density at radius 1 is 1.00 bits per heavy atom. The van der Waals surface area contributed by atoms with Crippen molar-refractivity contribution in [2.75, 3.05) is 18.0 Å². The lowest BCUT2D eigenvalue weighted by Crippen LogP contribution is -2.27. The highest BCUT2D eigenvalue weighted by atomic mass is 15.2. The van der Waals surface area contributed by atoms with Gasteiger partial charge in [-0.3, -0.25) is 0 Å². The zero-order valence-corrected chi connectivity index (χ0v) is 15.0. The molecule has 24 heavy (non-hydrogen) atoms. The molecule has 2 aromatic rings. The first kappa shape index (κ1) is 15.9. The van der Waals surface area contributed by atoms with Gasteiger partial charge in [0.2, 0.25) is 0 Å². The van der Waals surface area contributed by atoms with Gasteiger partial charge >= 0.3 is 0 Å². The van der Waals surface area contributed by atoms with Gasteiger partial charge in [0, 0.05) is 30.9 Å². The number of rotatable bonds is 2. The quantitative estimate of drug-likeness (QED) is 0.917. The third-order valence-electron chi connectivity index (χ3n) is 6.08. The first-order chi connectivity index (χ1) is 11.7. The molecule has 2 aromatic heterocycles. The molecule has 2 fully saturated rings. The van der Waals surface area contributed by atoms with Gasteiger partial charge in [-0.2, -0.15) is 0 Å². The van der Waals surface area contributed by atoms with Gasteiger partial charge in [-0.1, -0.05) is 12.8 Å². The predicted octanol–water partition coefficient (Wildman–Crippen LogP) is 3.48. The standard InChI is InChI=1S/C19H29N5/c1-13-14(2)24(16-7-3-4-8-16)19-17(13)18(21-12-22-19)23-10-5-6-15(20)9-11-23/h12,15-16H,3-11,20H2,1-2H3. The van der Waals surface area contributed by atoms with Gasteiger partial charge in [0.05, 0.1) is 5.39 Å². The molecule has 1 unspecified atom stereocenters. The number of anilines is 1. The van der Waals surface area contributed by atoms with Gasteiger partial charge < -0.3 is 15.2 Å². The van der Waals surface area contributed by atoms with Crippen molar-refractivity contribution >= 4 is 16.9 Å². The van der Waals surface area contributed by atoms with E-state index in [0.717, 1.165) is 43.8 Å². The van der Waals surface area contributed by atoms with Crippen LogP contribution in [0.15, 0.2) is 6.33 Å². The van der Waals surface area contributed by atoms with E-state index in [0.29, 0.717) is 12.1 Å². The summed E-state index contributed by atoms with van der Waals surface area (Å²) in [4.78, 5) is 11.8. The lowest BCUT2D eigenvalue weighted by molar-refractivity contribution is 0.521. The van der Waals surface area contributed by atoms with Crippen molar-refractivity contribution in [2.24, 2.45) is 5.73 Å². The Morgan fingerprint density at radius 2 is 1.79 bits per heavy atom. The number of nitrogens with zero attached hydrogens (tertiary/aromatic N) is 4. The molecule has 1 atom stereocenters. The fourth-order valence-corrected chi connectivity index (χ4v) is 4.59. The van der Waals surface area contributed by atoms with Crippen LogP contribution in [0.5, 0.6) is 0 Å². The van der Waals surface area contributed by atoms with Crippen LogP contribution in [0, 0.1) is 13.8 Å². The molecule has 1 aliphatic heterocycles. The maximum absolute atomic E-state index is 6.16. The minimum absolute atomic E-state index is 0.332. The van der Waals surface area contributed by atoms with E-state index in [9.17, 15) is 0 Å². The fraction of sp³-hybridized carbons (Fsp3) is 0.684. The van der Waals surface area contributed by atoms with E-state index >= 15 is 0 Å². The van der Waals surface area contributed by atoms with E-state index in [-0.39, 0.29) is 0 Å². The van der Waals surface area contributed by atoms with Crippen molar-refractivity contribution in [3.8, 4) is 0 Å². The number of nitrogens with two attached hydrogens (primary N) is 1. The number of aryl methyl sites for hydroxylation is 1. The molecule has 0 aromatic carbocycles. The molecule has 1 saturated heterocycles. The summed E-state index contributed by atoms with van der Waals surface area (Å²) in [5, 5.41) is 1.26. The van der Waals surface area contributed by atoms with Crippen LogP contribution in [0.25, 0.3) is 11.0 Å². The lowest BCUT2D eigenvalue weighted by atomic mass is 10.1. The summed E-state index contributed by atoms with van der Waals surface area (Å²) in [5.41, 5.74) is 10.0. The maximum Gasteiger partial charge on any atom is 0.146 e. The van der Waals surface area contributed by atoms with E-state index in [4.69, 9.17) is 15.7 Å². The van der Waals surface area contributed by atoms with Gasteiger partial charge in [-0.25, -0.2) is 9.97 Å². The molecule has 5 nitrogen and oxygen atoms in total. The second kappa shape index (κ2) is 6.36. The van der Waals surface area contributed by atoms with Crippen molar-refractivity contribution in [1.29, 1.82) is 0 Å². The van der Waals surface area contributed by atoms with Crippen molar-refractivity contribution in [3.63, 3.8) is 0 Å². The van der Waals surface area contributed by atoms with Crippen LogP contribution in [0.3, 0.4) is 0 Å². The monoisotopic (exact) mass is 327 g/mol. The Hall–Kier alpha value is -1.62. The van der Waals surface area contributed by atoms with E-state index < -0.39 is 0 Å². The van der Waals surface area contributed by atoms with Crippen LogP contribution >= 0.6 is 0 Å². The zero-order chi connectivity index (χ0) is 16.7. The van der Waals surface area contributed by atoms with Gasteiger partial charge in [0.15, 0.2) is 0 Å². The Bertz CT molecular complexity index is 729. The third kappa shape index (κ3) is 2.59. The smallest absolute Gasteiger partial charge is 0.146 e. The second-order valence-electron chi connectivity index (χ2n) is 7.59. The van der Waals surface area contributed by atoms with Crippen LogP contribution in [-0.4, -0.2) is 33.7 Å². The summed E-state index contributed by atoms with van der Waals surface area (Å²) in [6.45, 7) is 6.53. The summed E-state index contributed by atoms with van der Waals surface area (Å²) < 4.78 is 2.49. The molecule has 130 valence electrons. The normalized spacial score (nSPS) is 23.1. The topological polar surface area (TPSA) is 60.0 Å². The van der Waals surface area contributed by atoms with Gasteiger partial charge in [-0.15, -0.1) is 0 Å². The fourth-order valence-electron chi connectivity index (χ4n) is 4.59. The number of hydrogen-bond donors (Lipinski definition) is 1. The van der Waals surface area contributed by atoms with Gasteiger partial charge in [-0.05, 0) is 51.5 Å². The molecule has 3 heterocycles. The highest BCUT2D eigenvalue weighted by Gasteiger charge is 2.26. The number of fused-ring (bicyclic) bond motifs is 1. The summed E-state index contributed by atoms with van der Waals surface area (Å²) in [5.74, 6) is 1.12. The molecule has 2 N–H and O–H groups in total. The first-order valence-corrected chi connectivity index (χ1v) is 9.49. The van der Waals surface area contributed by atoms with Gasteiger partial charge in [0.25, 0.3) is 0 Å². The van der Waals surface area contributed by atoms with Crippen LogP contribution < -0.4 is 10.6 Å². The van der Waals surface area contributed by atoms with E-state index in [2.05, 4.69) is 23.3 Å². The largest absolute Gasteiger partial charge is 0.356 e. The van der Waals surface area contributed by atoms with Crippen LogP contribution in [0.4, 0.5) is 5.82 Å². The highest BCUT2D eigenvalue weighted by Crippen LogP contribution is 2.38. The molecule has 4 rings (SSSR count). The summed E-state index contributed by atoms with van der Waals surface area (Å²) in [6, 6.07) is 0.944.